The Morgan fingerprint density at radius 3 is 2.40 bits per heavy atom. The van der Waals surface area contributed by atoms with Crippen molar-refractivity contribution in [3.63, 3.8) is 0 Å². The first-order valence-corrected chi connectivity index (χ1v) is 6.02. The molecule has 1 N–H and O–H groups in total. The number of carbonyl (C=O) groups excluding carboxylic acids is 1. The van der Waals surface area contributed by atoms with Gasteiger partial charge in [-0.25, -0.2) is 8.42 Å². The van der Waals surface area contributed by atoms with Gasteiger partial charge in [-0.1, -0.05) is 18.2 Å². The summed E-state index contributed by atoms with van der Waals surface area (Å²) in [7, 11) is -3.39. The van der Waals surface area contributed by atoms with Crippen molar-refractivity contribution in [2.45, 2.75) is 11.3 Å². The monoisotopic (exact) mass is 225 g/mol. The van der Waals surface area contributed by atoms with Crippen LogP contribution in [0.25, 0.3) is 0 Å². The van der Waals surface area contributed by atoms with E-state index in [1.165, 1.54) is 12.1 Å². The van der Waals surface area contributed by atoms with E-state index < -0.39 is 15.6 Å². The van der Waals surface area contributed by atoms with Crippen LogP contribution in [0, 0.1) is 5.41 Å². The lowest BCUT2D eigenvalue weighted by molar-refractivity contribution is -0.112. The van der Waals surface area contributed by atoms with Crippen molar-refractivity contribution in [3.05, 3.63) is 30.3 Å². The smallest absolute Gasteiger partial charge is 0.178 e. The summed E-state index contributed by atoms with van der Waals surface area (Å²) in [6.07, 6.45) is 0.501. The van der Waals surface area contributed by atoms with E-state index in [1.807, 2.05) is 0 Å². The SMILES string of the molecule is N=CC(=O)CCS(=O)(=O)c1ccccc1. The van der Waals surface area contributed by atoms with E-state index in [-0.39, 0.29) is 17.1 Å². The van der Waals surface area contributed by atoms with Crippen LogP contribution in [0.3, 0.4) is 0 Å². The Hall–Kier alpha value is -1.49. The average molecular weight is 225 g/mol. The van der Waals surface area contributed by atoms with Gasteiger partial charge >= 0.3 is 0 Å². The molecule has 0 atom stereocenters. The number of hydrogen-bond donors (Lipinski definition) is 1. The van der Waals surface area contributed by atoms with E-state index in [4.69, 9.17) is 5.41 Å². The molecule has 15 heavy (non-hydrogen) atoms. The quantitative estimate of drug-likeness (QED) is 0.761. The zero-order chi connectivity index (χ0) is 11.3. The van der Waals surface area contributed by atoms with Crippen LogP contribution in [0.1, 0.15) is 6.42 Å². The molecule has 0 fully saturated rings. The molecule has 0 radical (unpaired) electrons. The lowest BCUT2D eigenvalue weighted by atomic mass is 10.3. The van der Waals surface area contributed by atoms with Gasteiger partial charge in [0.1, 0.15) is 0 Å². The van der Waals surface area contributed by atoms with Gasteiger partial charge in [-0.2, -0.15) is 0 Å². The maximum atomic E-state index is 11.6. The molecule has 0 amide bonds. The van der Waals surface area contributed by atoms with Crippen molar-refractivity contribution >= 4 is 21.8 Å². The molecule has 0 aliphatic rings. The molecular weight excluding hydrogens is 214 g/mol. The highest BCUT2D eigenvalue weighted by Crippen LogP contribution is 2.10. The Kier molecular flexibility index (Phi) is 3.74. The summed E-state index contributed by atoms with van der Waals surface area (Å²) in [5.41, 5.74) is 0. The van der Waals surface area contributed by atoms with Crippen LogP contribution >= 0.6 is 0 Å². The standard InChI is InChI=1S/C10H11NO3S/c11-8-9(12)6-7-15(13,14)10-4-2-1-3-5-10/h1-5,8,11H,6-7H2. The molecule has 1 aromatic rings. The largest absolute Gasteiger partial charge is 0.305 e. The van der Waals surface area contributed by atoms with Crippen molar-refractivity contribution in [2.24, 2.45) is 0 Å². The Bertz CT molecular complexity index is 451. The second-order valence-corrected chi connectivity index (χ2v) is 5.10. The van der Waals surface area contributed by atoms with Crippen molar-refractivity contribution in [2.75, 3.05) is 5.75 Å². The summed E-state index contributed by atoms with van der Waals surface area (Å²) in [6, 6.07) is 7.97. The Morgan fingerprint density at radius 2 is 1.87 bits per heavy atom. The van der Waals surface area contributed by atoms with E-state index in [0.29, 0.717) is 6.21 Å². The van der Waals surface area contributed by atoms with Crippen molar-refractivity contribution in [3.8, 4) is 0 Å². The average Bonchev–Trinajstić information content (AvgIpc) is 2.27. The van der Waals surface area contributed by atoms with Gasteiger partial charge in [0.2, 0.25) is 0 Å². The molecular formula is C10H11NO3S. The summed E-state index contributed by atoms with van der Waals surface area (Å²) >= 11 is 0. The molecule has 5 heteroatoms. The maximum Gasteiger partial charge on any atom is 0.178 e. The van der Waals surface area contributed by atoms with Gasteiger partial charge in [0.15, 0.2) is 15.6 Å². The van der Waals surface area contributed by atoms with Crippen LogP contribution in [0.5, 0.6) is 0 Å². The second-order valence-electron chi connectivity index (χ2n) is 2.99. The van der Waals surface area contributed by atoms with Crippen LogP contribution in [-0.4, -0.2) is 26.2 Å². The molecule has 0 aliphatic carbocycles. The summed E-state index contributed by atoms with van der Waals surface area (Å²) in [4.78, 5) is 11.0. The van der Waals surface area contributed by atoms with Crippen molar-refractivity contribution in [1.82, 2.24) is 0 Å². The fourth-order valence-corrected chi connectivity index (χ4v) is 2.33. The van der Waals surface area contributed by atoms with Gasteiger partial charge in [0.25, 0.3) is 0 Å². The summed E-state index contributed by atoms with van der Waals surface area (Å²) < 4.78 is 23.3. The molecule has 1 rings (SSSR count). The molecule has 80 valence electrons. The first-order chi connectivity index (χ1) is 7.06. The summed E-state index contributed by atoms with van der Waals surface area (Å²) in [6.45, 7) is 0. The molecule has 0 heterocycles. The highest BCUT2D eigenvalue weighted by atomic mass is 32.2. The minimum Gasteiger partial charge on any atom is -0.305 e. The minimum atomic E-state index is -3.39. The number of hydrogen-bond acceptors (Lipinski definition) is 4. The van der Waals surface area contributed by atoms with E-state index in [2.05, 4.69) is 0 Å². The van der Waals surface area contributed by atoms with Crippen LogP contribution in [0.15, 0.2) is 35.2 Å². The second kappa shape index (κ2) is 4.84. The highest BCUT2D eigenvalue weighted by molar-refractivity contribution is 7.91. The lowest BCUT2D eigenvalue weighted by Crippen LogP contribution is -2.11. The van der Waals surface area contributed by atoms with Gasteiger partial charge in [0, 0.05) is 6.42 Å². The molecule has 4 nitrogen and oxygen atoms in total. The Labute approximate surface area is 88.4 Å². The molecule has 0 bridgehead atoms. The van der Waals surface area contributed by atoms with Crippen LogP contribution in [0.2, 0.25) is 0 Å². The Morgan fingerprint density at radius 1 is 1.27 bits per heavy atom. The molecule has 0 unspecified atom stereocenters. The van der Waals surface area contributed by atoms with Gasteiger partial charge in [-0.15, -0.1) is 0 Å². The third kappa shape index (κ3) is 3.28. The normalized spacial score (nSPS) is 10.9. The number of benzene rings is 1. The predicted molar refractivity (Wildman–Crippen MR) is 56.9 cm³/mol. The van der Waals surface area contributed by atoms with E-state index in [1.54, 1.807) is 18.2 Å². The third-order valence-electron chi connectivity index (χ3n) is 1.88. The Balaban J connectivity index is 2.77. The topological polar surface area (TPSA) is 75.1 Å². The van der Waals surface area contributed by atoms with Crippen LogP contribution < -0.4 is 0 Å². The fourth-order valence-electron chi connectivity index (χ4n) is 1.05. The molecule has 0 aliphatic heterocycles. The molecule has 0 aromatic heterocycles. The van der Waals surface area contributed by atoms with Gasteiger partial charge in [-0.05, 0) is 12.1 Å². The molecule has 0 spiro atoms. The number of carbonyl (C=O) groups is 1. The summed E-state index contributed by atoms with van der Waals surface area (Å²) in [5, 5.41) is 6.65. The number of Topliss-reactive ketones (excluding diaryl/α,β-unsaturated/α-hetero) is 1. The maximum absolute atomic E-state index is 11.6. The van der Waals surface area contributed by atoms with Crippen molar-refractivity contribution in [1.29, 1.82) is 5.41 Å². The molecule has 0 saturated heterocycles. The van der Waals surface area contributed by atoms with Crippen LogP contribution in [-0.2, 0) is 14.6 Å². The van der Waals surface area contributed by atoms with Gasteiger partial charge in [0.05, 0.1) is 16.9 Å². The lowest BCUT2D eigenvalue weighted by Gasteiger charge is -2.01. The van der Waals surface area contributed by atoms with Crippen LogP contribution in [0.4, 0.5) is 0 Å². The summed E-state index contributed by atoms with van der Waals surface area (Å²) in [5.74, 6) is -0.722. The predicted octanol–water partition coefficient (Wildman–Crippen LogP) is 1.07. The number of sulfone groups is 1. The van der Waals surface area contributed by atoms with Crippen molar-refractivity contribution < 1.29 is 13.2 Å². The first-order valence-electron chi connectivity index (χ1n) is 4.37. The van der Waals surface area contributed by atoms with E-state index >= 15 is 0 Å². The first kappa shape index (κ1) is 11.6. The third-order valence-corrected chi connectivity index (χ3v) is 3.61. The number of ketones is 1. The van der Waals surface area contributed by atoms with Gasteiger partial charge < -0.3 is 5.41 Å². The number of rotatable bonds is 5. The fraction of sp³-hybridized carbons (Fsp3) is 0.200. The molecule has 0 saturated carbocycles. The number of nitrogens with one attached hydrogen (secondary N) is 1. The zero-order valence-corrected chi connectivity index (χ0v) is 8.83. The van der Waals surface area contributed by atoms with E-state index in [9.17, 15) is 13.2 Å². The minimum absolute atomic E-state index is 0.138. The zero-order valence-electron chi connectivity index (χ0n) is 8.01. The molecule has 1 aromatic carbocycles. The highest BCUT2D eigenvalue weighted by Gasteiger charge is 2.14. The van der Waals surface area contributed by atoms with E-state index in [0.717, 1.165) is 0 Å². The van der Waals surface area contributed by atoms with Gasteiger partial charge in [-0.3, -0.25) is 4.79 Å².